The van der Waals surface area contributed by atoms with Crippen LogP contribution in [0.3, 0.4) is 0 Å². The van der Waals surface area contributed by atoms with Crippen LogP contribution in [-0.4, -0.2) is 17.9 Å². The van der Waals surface area contributed by atoms with E-state index in [1.807, 2.05) is 6.92 Å². The highest BCUT2D eigenvalue weighted by atomic mass is 16.6. The number of rotatable bonds is 9. The minimum absolute atomic E-state index is 0.104. The van der Waals surface area contributed by atoms with Crippen molar-refractivity contribution in [3.8, 4) is 0 Å². The topological polar surface area (TPSA) is 52.6 Å². The Morgan fingerprint density at radius 3 is 2.40 bits per heavy atom. The van der Waals surface area contributed by atoms with Gasteiger partial charge in [0.15, 0.2) is 6.10 Å². The summed E-state index contributed by atoms with van der Waals surface area (Å²) in [4.78, 5) is 23.6. The van der Waals surface area contributed by atoms with E-state index >= 15 is 0 Å². The van der Waals surface area contributed by atoms with Gasteiger partial charge in [-0.05, 0) is 19.8 Å². The number of hydrogen-bond donors (Lipinski definition) is 0. The van der Waals surface area contributed by atoms with Gasteiger partial charge in [0.25, 0.3) is 0 Å². The van der Waals surface area contributed by atoms with Gasteiger partial charge in [-0.25, -0.2) is 0 Å². The van der Waals surface area contributed by atoms with E-state index in [-0.39, 0.29) is 17.5 Å². The molecule has 114 valence electrons. The zero-order valence-electron chi connectivity index (χ0n) is 12.9. The van der Waals surface area contributed by atoms with E-state index in [4.69, 9.17) is 9.47 Å². The maximum Gasteiger partial charge on any atom is 0.311 e. The van der Waals surface area contributed by atoms with E-state index in [0.717, 1.165) is 19.3 Å². The highest BCUT2D eigenvalue weighted by molar-refractivity contribution is 6.01. The first kappa shape index (κ1) is 16.7. The fraction of sp³-hybridized carbons (Fsp3) is 0.750. The summed E-state index contributed by atoms with van der Waals surface area (Å²) in [7, 11) is 0. The van der Waals surface area contributed by atoms with Gasteiger partial charge in [-0.2, -0.15) is 0 Å². The summed E-state index contributed by atoms with van der Waals surface area (Å²) in [6.07, 6.45) is 7.18. The van der Waals surface area contributed by atoms with Crippen molar-refractivity contribution < 1.29 is 19.1 Å². The lowest BCUT2D eigenvalue weighted by molar-refractivity contribution is -0.142. The standard InChI is InChI=1S/C16H26O4/c1-4-6-7-8-9-10-11-14(17)20-16-12(3)19-13(5-2)15(16)18/h13H,4-11H2,1-3H3. The van der Waals surface area contributed by atoms with E-state index in [9.17, 15) is 9.59 Å². The second-order valence-corrected chi connectivity index (χ2v) is 5.26. The largest absolute Gasteiger partial charge is 0.483 e. The van der Waals surface area contributed by atoms with Crippen molar-refractivity contribution in [3.63, 3.8) is 0 Å². The molecule has 4 nitrogen and oxygen atoms in total. The number of unbranched alkanes of at least 4 members (excludes halogenated alkanes) is 5. The highest BCUT2D eigenvalue weighted by Crippen LogP contribution is 2.24. The van der Waals surface area contributed by atoms with Gasteiger partial charge in [-0.3, -0.25) is 9.59 Å². The molecule has 20 heavy (non-hydrogen) atoms. The van der Waals surface area contributed by atoms with Crippen molar-refractivity contribution in [2.24, 2.45) is 0 Å². The monoisotopic (exact) mass is 282 g/mol. The van der Waals surface area contributed by atoms with E-state index in [0.29, 0.717) is 18.6 Å². The smallest absolute Gasteiger partial charge is 0.311 e. The van der Waals surface area contributed by atoms with Gasteiger partial charge >= 0.3 is 5.97 Å². The van der Waals surface area contributed by atoms with Crippen LogP contribution >= 0.6 is 0 Å². The van der Waals surface area contributed by atoms with Gasteiger partial charge in [0.2, 0.25) is 11.5 Å². The number of carbonyl (C=O) groups excluding carboxylic acids is 2. The summed E-state index contributed by atoms with van der Waals surface area (Å²) < 4.78 is 10.5. The molecule has 0 saturated heterocycles. The molecule has 0 radical (unpaired) electrons. The molecule has 0 bridgehead atoms. The Kier molecular flexibility index (Phi) is 7.34. The molecule has 1 unspecified atom stereocenters. The van der Waals surface area contributed by atoms with Crippen LogP contribution in [0.2, 0.25) is 0 Å². The summed E-state index contributed by atoms with van der Waals surface area (Å²) in [5.74, 6) is -0.00387. The van der Waals surface area contributed by atoms with Crippen LogP contribution in [-0.2, 0) is 19.1 Å². The van der Waals surface area contributed by atoms with Crippen molar-refractivity contribution in [1.29, 1.82) is 0 Å². The van der Waals surface area contributed by atoms with Gasteiger partial charge in [0.1, 0.15) is 5.76 Å². The van der Waals surface area contributed by atoms with Crippen molar-refractivity contribution in [1.82, 2.24) is 0 Å². The second kappa shape index (κ2) is 8.77. The van der Waals surface area contributed by atoms with Gasteiger partial charge in [-0.15, -0.1) is 0 Å². The number of ether oxygens (including phenoxy) is 2. The second-order valence-electron chi connectivity index (χ2n) is 5.26. The number of Topliss-reactive ketones (excluding diaryl/α,β-unsaturated/α-hetero) is 1. The predicted molar refractivity (Wildman–Crippen MR) is 77.0 cm³/mol. The van der Waals surface area contributed by atoms with Crippen LogP contribution in [0.1, 0.15) is 72.1 Å². The molecular formula is C16H26O4. The minimum Gasteiger partial charge on any atom is -0.483 e. The first-order chi connectivity index (χ1) is 9.60. The Balaban J connectivity index is 2.25. The van der Waals surface area contributed by atoms with E-state index in [1.165, 1.54) is 19.3 Å². The van der Waals surface area contributed by atoms with Crippen LogP contribution in [0.4, 0.5) is 0 Å². The lowest BCUT2D eigenvalue weighted by Crippen LogP contribution is -2.19. The number of ketones is 1. The van der Waals surface area contributed by atoms with Crippen LogP contribution in [0.15, 0.2) is 11.5 Å². The third-order valence-corrected chi connectivity index (χ3v) is 3.48. The van der Waals surface area contributed by atoms with Crippen LogP contribution in [0.5, 0.6) is 0 Å². The van der Waals surface area contributed by atoms with Crippen LogP contribution in [0, 0.1) is 0 Å². The number of esters is 1. The molecule has 0 N–H and O–H groups in total. The third-order valence-electron chi connectivity index (χ3n) is 3.48. The molecule has 1 atom stereocenters. The molecule has 0 aromatic heterocycles. The van der Waals surface area contributed by atoms with E-state index < -0.39 is 6.10 Å². The summed E-state index contributed by atoms with van der Waals surface area (Å²) in [5, 5.41) is 0. The van der Waals surface area contributed by atoms with Crippen LogP contribution < -0.4 is 0 Å². The Hall–Kier alpha value is -1.32. The highest BCUT2D eigenvalue weighted by Gasteiger charge is 2.34. The molecular weight excluding hydrogens is 256 g/mol. The number of hydrogen-bond acceptors (Lipinski definition) is 4. The van der Waals surface area contributed by atoms with E-state index in [1.54, 1.807) is 6.92 Å². The van der Waals surface area contributed by atoms with Gasteiger partial charge in [0, 0.05) is 6.42 Å². The quantitative estimate of drug-likeness (QED) is 0.475. The molecule has 0 fully saturated rings. The van der Waals surface area contributed by atoms with Crippen molar-refractivity contribution in [2.45, 2.75) is 78.2 Å². The van der Waals surface area contributed by atoms with Gasteiger partial charge < -0.3 is 9.47 Å². The Labute approximate surface area is 121 Å². The molecule has 1 aliphatic rings. The average Bonchev–Trinajstić information content (AvgIpc) is 2.70. The molecule has 4 heteroatoms. The minimum atomic E-state index is -0.480. The molecule has 0 spiro atoms. The Morgan fingerprint density at radius 1 is 1.15 bits per heavy atom. The first-order valence-corrected chi connectivity index (χ1v) is 7.72. The van der Waals surface area contributed by atoms with Crippen LogP contribution in [0.25, 0.3) is 0 Å². The molecule has 0 amide bonds. The molecule has 0 aromatic carbocycles. The molecule has 0 aromatic rings. The molecule has 1 rings (SSSR count). The summed E-state index contributed by atoms with van der Waals surface area (Å²) in [6, 6.07) is 0. The fourth-order valence-corrected chi connectivity index (χ4v) is 2.25. The van der Waals surface area contributed by atoms with Gasteiger partial charge in [0.05, 0.1) is 0 Å². The van der Waals surface area contributed by atoms with Crippen molar-refractivity contribution >= 4 is 11.8 Å². The predicted octanol–water partition coefficient (Wildman–Crippen LogP) is 3.89. The maximum absolute atomic E-state index is 11.9. The Morgan fingerprint density at radius 2 is 1.80 bits per heavy atom. The average molecular weight is 282 g/mol. The molecule has 1 aliphatic heterocycles. The summed E-state index contributed by atoms with van der Waals surface area (Å²) >= 11 is 0. The zero-order valence-corrected chi connectivity index (χ0v) is 12.9. The zero-order chi connectivity index (χ0) is 15.0. The number of allylic oxidation sites excluding steroid dienone is 1. The maximum atomic E-state index is 11.9. The summed E-state index contributed by atoms with van der Waals surface area (Å²) in [6.45, 7) is 5.72. The lowest BCUT2D eigenvalue weighted by atomic mass is 10.1. The first-order valence-electron chi connectivity index (χ1n) is 7.72. The summed E-state index contributed by atoms with van der Waals surface area (Å²) in [5.41, 5.74) is 0. The normalized spacial score (nSPS) is 18.4. The van der Waals surface area contributed by atoms with E-state index in [2.05, 4.69) is 6.92 Å². The SMILES string of the molecule is CCCCCCCCC(=O)OC1=C(C)OC(CC)C1=O. The molecule has 0 saturated carbocycles. The molecule has 1 heterocycles. The van der Waals surface area contributed by atoms with Gasteiger partial charge in [-0.1, -0.05) is 46.0 Å². The Bertz CT molecular complexity index is 371. The molecule has 0 aliphatic carbocycles. The lowest BCUT2D eigenvalue weighted by Gasteiger charge is -2.05. The fourth-order valence-electron chi connectivity index (χ4n) is 2.25. The van der Waals surface area contributed by atoms with Crippen molar-refractivity contribution in [3.05, 3.63) is 11.5 Å². The third kappa shape index (κ3) is 4.99. The van der Waals surface area contributed by atoms with Crippen molar-refractivity contribution in [2.75, 3.05) is 0 Å². The number of carbonyl (C=O) groups is 2.